The Bertz CT molecular complexity index is 378. The van der Waals surface area contributed by atoms with Crippen LogP contribution >= 0.6 is 11.3 Å². The van der Waals surface area contributed by atoms with E-state index < -0.39 is 0 Å². The maximum absolute atomic E-state index is 11.9. The van der Waals surface area contributed by atoms with Crippen molar-refractivity contribution in [2.24, 2.45) is 0 Å². The molecule has 1 aliphatic heterocycles. The summed E-state index contributed by atoms with van der Waals surface area (Å²) in [4.78, 5) is 15.3. The predicted octanol–water partition coefficient (Wildman–Crippen LogP) is 2.95. The molecule has 0 bridgehead atoms. The van der Waals surface area contributed by atoms with E-state index in [1.807, 2.05) is 17.5 Å². The fourth-order valence-corrected chi connectivity index (χ4v) is 3.54. The van der Waals surface area contributed by atoms with Crippen molar-refractivity contribution in [3.05, 3.63) is 22.4 Å². The molecule has 0 radical (unpaired) electrons. The molecule has 1 aromatic rings. The molecule has 0 aromatic carbocycles. The number of thiophene rings is 1. The van der Waals surface area contributed by atoms with Gasteiger partial charge in [-0.15, -0.1) is 11.3 Å². The van der Waals surface area contributed by atoms with Gasteiger partial charge in [0.2, 0.25) is 0 Å². The Morgan fingerprint density at radius 2 is 2.37 bits per heavy atom. The summed E-state index contributed by atoms with van der Waals surface area (Å²) in [6, 6.07) is 4.47. The Morgan fingerprint density at radius 3 is 3.11 bits per heavy atom. The minimum absolute atomic E-state index is 0.279. The molecule has 1 atom stereocenters. The molecular weight excluding hydrogens is 258 g/mol. The molecule has 1 saturated heterocycles. The second-order valence-corrected chi connectivity index (χ2v) is 6.15. The number of hydrogen-bond donors (Lipinski definition) is 1. The maximum Gasteiger partial charge on any atom is 0.172 e. The molecule has 1 aromatic heterocycles. The molecule has 2 heterocycles. The summed E-state index contributed by atoms with van der Waals surface area (Å²) in [5.74, 6) is 0.279. The minimum Gasteiger partial charge on any atom is -0.396 e. The lowest BCUT2D eigenvalue weighted by molar-refractivity contribution is 0.0977. The van der Waals surface area contributed by atoms with Gasteiger partial charge in [-0.25, -0.2) is 0 Å². The number of hydrogen-bond acceptors (Lipinski definition) is 4. The average Bonchev–Trinajstić information content (AvgIpc) is 3.07. The summed E-state index contributed by atoms with van der Waals surface area (Å²) in [7, 11) is 0. The molecule has 1 fully saturated rings. The monoisotopic (exact) mass is 281 g/mol. The van der Waals surface area contributed by atoms with Crippen molar-refractivity contribution in [3.8, 4) is 0 Å². The molecular formula is C15H23NO2S. The van der Waals surface area contributed by atoms with E-state index in [0.29, 0.717) is 19.1 Å². The number of Topliss-reactive ketones (excluding diaryl/α,β-unsaturated/α-hetero) is 1. The van der Waals surface area contributed by atoms with Crippen LogP contribution in [0, 0.1) is 0 Å². The predicted molar refractivity (Wildman–Crippen MR) is 78.8 cm³/mol. The van der Waals surface area contributed by atoms with Gasteiger partial charge in [-0.05, 0) is 56.6 Å². The highest BCUT2D eigenvalue weighted by molar-refractivity contribution is 7.12. The Morgan fingerprint density at radius 1 is 1.47 bits per heavy atom. The summed E-state index contributed by atoms with van der Waals surface area (Å²) in [6.45, 7) is 2.47. The van der Waals surface area contributed by atoms with Gasteiger partial charge in [-0.1, -0.05) is 6.07 Å². The largest absolute Gasteiger partial charge is 0.396 e. The first-order valence-electron chi connectivity index (χ1n) is 7.23. The number of ketones is 1. The van der Waals surface area contributed by atoms with Crippen molar-refractivity contribution >= 4 is 17.1 Å². The molecule has 106 valence electrons. The van der Waals surface area contributed by atoms with Gasteiger partial charge in [0.05, 0.1) is 4.88 Å². The third kappa shape index (κ3) is 4.41. The zero-order valence-electron chi connectivity index (χ0n) is 11.4. The highest BCUT2D eigenvalue weighted by Crippen LogP contribution is 2.22. The quantitative estimate of drug-likeness (QED) is 0.745. The molecule has 0 amide bonds. The van der Waals surface area contributed by atoms with Crippen molar-refractivity contribution in [3.63, 3.8) is 0 Å². The molecule has 0 spiro atoms. The standard InChI is InChI=1S/C15H23NO2S/c17-11-3-6-13-5-1-9-16(13)10-2-7-14(18)15-8-4-12-19-15/h4,8,12-13,17H,1-3,5-7,9-11H2. The summed E-state index contributed by atoms with van der Waals surface area (Å²) < 4.78 is 0. The van der Waals surface area contributed by atoms with E-state index in [0.717, 1.165) is 37.2 Å². The third-order valence-electron chi connectivity index (χ3n) is 3.84. The molecule has 1 unspecified atom stereocenters. The second-order valence-electron chi connectivity index (χ2n) is 5.20. The van der Waals surface area contributed by atoms with Crippen molar-refractivity contribution in [1.29, 1.82) is 0 Å². The van der Waals surface area contributed by atoms with Crippen molar-refractivity contribution < 1.29 is 9.90 Å². The van der Waals surface area contributed by atoms with Crippen LogP contribution in [0.15, 0.2) is 17.5 Å². The lowest BCUT2D eigenvalue weighted by atomic mass is 10.1. The number of nitrogens with zero attached hydrogens (tertiary/aromatic N) is 1. The first kappa shape index (κ1) is 14.7. The van der Waals surface area contributed by atoms with Crippen LogP contribution in [0.25, 0.3) is 0 Å². The Labute approximate surface area is 119 Å². The van der Waals surface area contributed by atoms with Crippen LogP contribution in [0.2, 0.25) is 0 Å². The fourth-order valence-electron chi connectivity index (χ4n) is 2.85. The SMILES string of the molecule is O=C(CCCN1CCCC1CCCO)c1cccs1. The van der Waals surface area contributed by atoms with Crippen molar-refractivity contribution in [2.45, 2.75) is 44.6 Å². The van der Waals surface area contributed by atoms with E-state index in [-0.39, 0.29) is 5.78 Å². The number of carbonyl (C=O) groups excluding carboxylic acids is 1. The summed E-state index contributed by atoms with van der Waals surface area (Å²) in [5, 5.41) is 10.9. The van der Waals surface area contributed by atoms with Gasteiger partial charge in [0.1, 0.15) is 0 Å². The van der Waals surface area contributed by atoms with E-state index in [2.05, 4.69) is 4.90 Å². The van der Waals surface area contributed by atoms with Gasteiger partial charge in [-0.2, -0.15) is 0 Å². The lowest BCUT2D eigenvalue weighted by Gasteiger charge is -2.24. The smallest absolute Gasteiger partial charge is 0.172 e. The highest BCUT2D eigenvalue weighted by Gasteiger charge is 2.23. The number of aliphatic hydroxyl groups excluding tert-OH is 1. The van der Waals surface area contributed by atoms with E-state index >= 15 is 0 Å². The van der Waals surface area contributed by atoms with Gasteiger partial charge in [-0.3, -0.25) is 4.79 Å². The van der Waals surface area contributed by atoms with Crippen LogP contribution in [-0.2, 0) is 0 Å². The Balaban J connectivity index is 1.68. The highest BCUT2D eigenvalue weighted by atomic mass is 32.1. The van der Waals surface area contributed by atoms with Crippen molar-refractivity contribution in [2.75, 3.05) is 19.7 Å². The normalized spacial score (nSPS) is 19.9. The molecule has 3 nitrogen and oxygen atoms in total. The van der Waals surface area contributed by atoms with E-state index in [4.69, 9.17) is 5.11 Å². The average molecular weight is 281 g/mol. The number of likely N-dealkylation sites (tertiary alicyclic amines) is 1. The Kier molecular flexibility index (Phi) is 6.01. The van der Waals surface area contributed by atoms with Crippen LogP contribution in [0.3, 0.4) is 0 Å². The second kappa shape index (κ2) is 7.78. The zero-order chi connectivity index (χ0) is 13.5. The van der Waals surface area contributed by atoms with E-state index in [1.165, 1.54) is 24.2 Å². The maximum atomic E-state index is 11.9. The molecule has 1 aliphatic rings. The summed E-state index contributed by atoms with van der Waals surface area (Å²) in [5.41, 5.74) is 0. The topological polar surface area (TPSA) is 40.5 Å². The van der Waals surface area contributed by atoms with Crippen molar-refractivity contribution in [1.82, 2.24) is 4.90 Å². The van der Waals surface area contributed by atoms with E-state index in [1.54, 1.807) is 0 Å². The summed E-state index contributed by atoms with van der Waals surface area (Å²) >= 11 is 1.53. The molecule has 19 heavy (non-hydrogen) atoms. The van der Waals surface area contributed by atoms with Gasteiger partial charge in [0.15, 0.2) is 5.78 Å². The van der Waals surface area contributed by atoms with Crippen LogP contribution < -0.4 is 0 Å². The lowest BCUT2D eigenvalue weighted by Crippen LogP contribution is -2.30. The summed E-state index contributed by atoms with van der Waals surface area (Å²) in [6.07, 6.45) is 6.11. The minimum atomic E-state index is 0.279. The number of rotatable bonds is 8. The molecule has 2 rings (SSSR count). The van der Waals surface area contributed by atoms with Gasteiger partial charge >= 0.3 is 0 Å². The number of aliphatic hydroxyl groups is 1. The molecule has 1 N–H and O–H groups in total. The first-order valence-corrected chi connectivity index (χ1v) is 8.11. The van der Waals surface area contributed by atoms with Gasteiger partial charge < -0.3 is 10.0 Å². The van der Waals surface area contributed by atoms with Gasteiger partial charge in [0, 0.05) is 19.1 Å². The molecule has 0 aliphatic carbocycles. The van der Waals surface area contributed by atoms with E-state index in [9.17, 15) is 4.79 Å². The number of carbonyl (C=O) groups is 1. The fraction of sp³-hybridized carbons (Fsp3) is 0.667. The van der Waals surface area contributed by atoms with Crippen LogP contribution in [-0.4, -0.2) is 41.5 Å². The Hall–Kier alpha value is -0.710. The molecule has 4 heteroatoms. The third-order valence-corrected chi connectivity index (χ3v) is 4.75. The molecule has 0 saturated carbocycles. The van der Waals surface area contributed by atoms with Crippen LogP contribution in [0.1, 0.15) is 48.2 Å². The first-order chi connectivity index (χ1) is 9.31. The van der Waals surface area contributed by atoms with Gasteiger partial charge in [0.25, 0.3) is 0 Å². The van der Waals surface area contributed by atoms with Crippen LogP contribution in [0.4, 0.5) is 0 Å². The van der Waals surface area contributed by atoms with Crippen LogP contribution in [0.5, 0.6) is 0 Å². The zero-order valence-corrected chi connectivity index (χ0v) is 12.2.